The lowest BCUT2D eigenvalue weighted by atomic mass is 9.69. The summed E-state index contributed by atoms with van der Waals surface area (Å²) < 4.78 is 1.15. The first kappa shape index (κ1) is 13.6. The molecular formula is C16H19NO2S. The third-order valence-corrected chi connectivity index (χ3v) is 5.55. The van der Waals surface area contributed by atoms with Gasteiger partial charge in [-0.2, -0.15) is 0 Å². The fourth-order valence-electron chi connectivity index (χ4n) is 3.07. The molecule has 0 unspecified atom stereocenters. The first-order chi connectivity index (χ1) is 9.59. The van der Waals surface area contributed by atoms with Crippen LogP contribution in [-0.2, 0) is 11.2 Å². The van der Waals surface area contributed by atoms with Gasteiger partial charge in [-0.3, -0.25) is 4.79 Å². The van der Waals surface area contributed by atoms with Crippen LogP contribution in [0.2, 0.25) is 0 Å². The third-order valence-electron chi connectivity index (χ3n) is 4.51. The number of hydrogen-bond donors (Lipinski definition) is 1. The van der Waals surface area contributed by atoms with Crippen LogP contribution in [-0.4, -0.2) is 16.1 Å². The Labute approximate surface area is 122 Å². The fraction of sp³-hybridized carbons (Fsp3) is 0.500. The Bertz CT molecular complexity index is 593. The molecule has 1 aliphatic rings. The monoisotopic (exact) mass is 289 g/mol. The summed E-state index contributed by atoms with van der Waals surface area (Å²) in [5.41, 5.74) is 0.387. The minimum absolute atomic E-state index is 0.578. The maximum Gasteiger partial charge on any atom is 0.310 e. The number of fused-ring (bicyclic) bond motifs is 1. The first-order valence-corrected chi connectivity index (χ1v) is 7.99. The highest BCUT2D eigenvalue weighted by Gasteiger charge is 2.41. The lowest BCUT2D eigenvalue weighted by Crippen LogP contribution is -2.37. The molecular weight excluding hydrogens is 270 g/mol. The van der Waals surface area contributed by atoms with Crippen LogP contribution in [0.15, 0.2) is 24.3 Å². The normalized spacial score (nSPS) is 26.8. The smallest absolute Gasteiger partial charge is 0.310 e. The quantitative estimate of drug-likeness (QED) is 0.924. The summed E-state index contributed by atoms with van der Waals surface area (Å²) in [4.78, 5) is 16.4. The van der Waals surface area contributed by atoms with E-state index in [1.54, 1.807) is 11.3 Å². The van der Waals surface area contributed by atoms with Gasteiger partial charge in [-0.1, -0.05) is 19.1 Å². The van der Waals surface area contributed by atoms with E-state index in [4.69, 9.17) is 0 Å². The summed E-state index contributed by atoms with van der Waals surface area (Å²) in [6.07, 6.45) is 4.15. The molecule has 1 aromatic heterocycles. The topological polar surface area (TPSA) is 50.2 Å². The Morgan fingerprint density at radius 1 is 1.40 bits per heavy atom. The minimum atomic E-state index is -0.649. The van der Waals surface area contributed by atoms with Crippen LogP contribution in [0.25, 0.3) is 10.2 Å². The molecule has 20 heavy (non-hydrogen) atoms. The summed E-state index contributed by atoms with van der Waals surface area (Å²) in [6.45, 7) is 2.21. The molecule has 0 atom stereocenters. The van der Waals surface area contributed by atoms with Crippen molar-refractivity contribution in [1.29, 1.82) is 0 Å². The Hall–Kier alpha value is -1.42. The zero-order valence-electron chi connectivity index (χ0n) is 11.6. The van der Waals surface area contributed by atoms with E-state index in [1.807, 2.05) is 24.3 Å². The Balaban J connectivity index is 1.88. The molecule has 106 valence electrons. The molecule has 0 aliphatic heterocycles. The largest absolute Gasteiger partial charge is 0.481 e. The molecule has 1 N–H and O–H groups in total. The van der Waals surface area contributed by atoms with Crippen molar-refractivity contribution in [2.45, 2.75) is 39.0 Å². The average Bonchev–Trinajstić information content (AvgIpc) is 2.83. The number of benzene rings is 1. The zero-order chi connectivity index (χ0) is 14.2. The highest BCUT2D eigenvalue weighted by atomic mass is 32.1. The highest BCUT2D eigenvalue weighted by molar-refractivity contribution is 7.18. The molecule has 1 aromatic carbocycles. The van der Waals surface area contributed by atoms with Gasteiger partial charge in [0.1, 0.15) is 0 Å². The summed E-state index contributed by atoms with van der Waals surface area (Å²) in [7, 11) is 0. The molecule has 0 amide bonds. The number of aliphatic carboxylic acids is 1. The van der Waals surface area contributed by atoms with Gasteiger partial charge in [0, 0.05) is 6.42 Å². The molecule has 3 rings (SSSR count). The number of nitrogens with zero attached hydrogens (tertiary/aromatic N) is 1. The number of carboxylic acid groups (broad SMARTS) is 1. The molecule has 0 bridgehead atoms. The van der Waals surface area contributed by atoms with Crippen molar-refractivity contribution < 1.29 is 9.90 Å². The Morgan fingerprint density at radius 3 is 2.75 bits per heavy atom. The van der Waals surface area contributed by atoms with Crippen molar-refractivity contribution in [3.8, 4) is 0 Å². The maximum atomic E-state index is 11.8. The van der Waals surface area contributed by atoms with Gasteiger partial charge in [0.05, 0.1) is 20.6 Å². The standard InChI is InChI=1S/C16H19NO2S/c1-11-6-8-16(9-7-11,15(18)19)10-14-17-12-4-2-3-5-13(12)20-14/h2-5,11H,6-10H2,1H3,(H,18,19). The predicted octanol–water partition coefficient (Wildman–Crippen LogP) is 4.12. The number of para-hydroxylation sites is 1. The number of thiazole rings is 1. The summed E-state index contributed by atoms with van der Waals surface area (Å²) >= 11 is 1.63. The van der Waals surface area contributed by atoms with E-state index in [-0.39, 0.29) is 0 Å². The van der Waals surface area contributed by atoms with E-state index in [1.165, 1.54) is 0 Å². The number of rotatable bonds is 3. The molecule has 0 saturated heterocycles. The molecule has 0 radical (unpaired) electrons. The van der Waals surface area contributed by atoms with E-state index < -0.39 is 11.4 Å². The van der Waals surface area contributed by atoms with Gasteiger partial charge in [0.2, 0.25) is 0 Å². The van der Waals surface area contributed by atoms with Crippen molar-refractivity contribution in [2.24, 2.45) is 11.3 Å². The molecule has 1 saturated carbocycles. The van der Waals surface area contributed by atoms with E-state index in [0.717, 1.165) is 40.9 Å². The van der Waals surface area contributed by atoms with E-state index in [9.17, 15) is 9.90 Å². The van der Waals surface area contributed by atoms with E-state index in [2.05, 4.69) is 11.9 Å². The lowest BCUT2D eigenvalue weighted by molar-refractivity contribution is -0.151. The first-order valence-electron chi connectivity index (χ1n) is 7.17. The van der Waals surface area contributed by atoms with Crippen molar-refractivity contribution in [3.05, 3.63) is 29.3 Å². The van der Waals surface area contributed by atoms with Gasteiger partial charge in [0.15, 0.2) is 0 Å². The van der Waals surface area contributed by atoms with Crippen molar-refractivity contribution in [1.82, 2.24) is 4.98 Å². The summed E-state index contributed by atoms with van der Waals surface area (Å²) in [6, 6.07) is 8.01. The van der Waals surface area contributed by atoms with Gasteiger partial charge in [-0.25, -0.2) is 4.98 Å². The maximum absolute atomic E-state index is 11.8. The van der Waals surface area contributed by atoms with Crippen LogP contribution in [0.3, 0.4) is 0 Å². The van der Waals surface area contributed by atoms with Gasteiger partial charge in [-0.05, 0) is 43.7 Å². The highest BCUT2D eigenvalue weighted by Crippen LogP contribution is 2.42. The second kappa shape index (κ2) is 5.17. The van der Waals surface area contributed by atoms with Crippen molar-refractivity contribution in [3.63, 3.8) is 0 Å². The van der Waals surface area contributed by atoms with Crippen molar-refractivity contribution in [2.75, 3.05) is 0 Å². The van der Waals surface area contributed by atoms with Crippen molar-refractivity contribution >= 4 is 27.5 Å². The minimum Gasteiger partial charge on any atom is -0.481 e. The Kier molecular flexibility index (Phi) is 3.50. The van der Waals surface area contributed by atoms with E-state index >= 15 is 0 Å². The Morgan fingerprint density at radius 2 is 2.10 bits per heavy atom. The zero-order valence-corrected chi connectivity index (χ0v) is 12.4. The van der Waals surface area contributed by atoms with Gasteiger partial charge < -0.3 is 5.11 Å². The van der Waals surface area contributed by atoms with E-state index in [0.29, 0.717) is 12.3 Å². The molecule has 3 nitrogen and oxygen atoms in total. The number of hydrogen-bond acceptors (Lipinski definition) is 3. The summed E-state index contributed by atoms with van der Waals surface area (Å²) in [5.74, 6) is 0.00139. The lowest BCUT2D eigenvalue weighted by Gasteiger charge is -2.35. The van der Waals surface area contributed by atoms with Gasteiger partial charge >= 0.3 is 5.97 Å². The fourth-order valence-corrected chi connectivity index (χ4v) is 4.18. The van der Waals surface area contributed by atoms with Crippen LogP contribution in [0.5, 0.6) is 0 Å². The molecule has 0 spiro atoms. The number of aromatic nitrogens is 1. The van der Waals surface area contributed by atoms with Crippen LogP contribution in [0.1, 0.15) is 37.6 Å². The second-order valence-electron chi connectivity index (χ2n) is 6.02. The second-order valence-corrected chi connectivity index (χ2v) is 7.14. The molecule has 4 heteroatoms. The average molecular weight is 289 g/mol. The predicted molar refractivity (Wildman–Crippen MR) is 81.0 cm³/mol. The van der Waals surface area contributed by atoms with Gasteiger partial charge in [-0.15, -0.1) is 11.3 Å². The van der Waals surface area contributed by atoms with Gasteiger partial charge in [0.25, 0.3) is 0 Å². The molecule has 2 aromatic rings. The van der Waals surface area contributed by atoms with Crippen LogP contribution in [0.4, 0.5) is 0 Å². The number of carbonyl (C=O) groups is 1. The van der Waals surface area contributed by atoms with Crippen LogP contribution < -0.4 is 0 Å². The summed E-state index contributed by atoms with van der Waals surface area (Å²) in [5, 5.41) is 10.6. The molecule has 1 fully saturated rings. The molecule has 1 aliphatic carbocycles. The molecule has 1 heterocycles. The van der Waals surface area contributed by atoms with Crippen LogP contribution >= 0.6 is 11.3 Å². The number of carboxylic acids is 1. The third kappa shape index (κ3) is 2.44. The SMILES string of the molecule is CC1CCC(Cc2nc3ccccc3s2)(C(=O)O)CC1. The van der Waals surface area contributed by atoms with Crippen LogP contribution in [0, 0.1) is 11.3 Å².